The van der Waals surface area contributed by atoms with E-state index in [1.165, 1.54) is 19.4 Å². The molecule has 38 heavy (non-hydrogen) atoms. The number of hydrogen-bond acceptors (Lipinski definition) is 9. The lowest BCUT2D eigenvalue weighted by atomic mass is 10.2. The Balaban J connectivity index is 1.32. The van der Waals surface area contributed by atoms with Crippen molar-refractivity contribution in [3.8, 4) is 11.5 Å². The quantitative estimate of drug-likeness (QED) is 0.272. The molecule has 13 heteroatoms. The van der Waals surface area contributed by atoms with E-state index in [1.807, 2.05) is 54.9 Å². The summed E-state index contributed by atoms with van der Waals surface area (Å²) in [5.74, 6) is 1.89. The molecule has 0 amide bonds. The standard InChI is InChI=1S/C25H23F3N8O2/c1-14-8-16(4-7-21(14)38-17-5-6-20-18(9-17)32-13-36(20)3)34-23-22-19(30-12-31-23)10-29-24(35-22)33-15(2)11-37-25(26,27)28/h4-10,12-13,15H,11H2,1-3H3,(H,29,33,35)(H,30,31,34). The van der Waals surface area contributed by atoms with Gasteiger partial charge >= 0.3 is 6.36 Å². The van der Waals surface area contributed by atoms with Crippen LogP contribution in [0.25, 0.3) is 22.1 Å². The third kappa shape index (κ3) is 5.72. The molecule has 5 aromatic rings. The molecule has 0 radical (unpaired) electrons. The van der Waals surface area contributed by atoms with Crippen LogP contribution in [-0.2, 0) is 11.8 Å². The number of hydrogen-bond donors (Lipinski definition) is 2. The van der Waals surface area contributed by atoms with E-state index < -0.39 is 19.0 Å². The second kappa shape index (κ2) is 10.1. The topological polar surface area (TPSA) is 112 Å². The van der Waals surface area contributed by atoms with Gasteiger partial charge in [0.25, 0.3) is 0 Å². The van der Waals surface area contributed by atoms with E-state index in [2.05, 4.69) is 40.3 Å². The Kier molecular flexibility index (Phi) is 6.68. The third-order valence-electron chi connectivity index (χ3n) is 5.61. The highest BCUT2D eigenvalue weighted by molar-refractivity contribution is 5.87. The van der Waals surface area contributed by atoms with E-state index in [4.69, 9.17) is 4.74 Å². The average Bonchev–Trinajstić information content (AvgIpc) is 3.24. The zero-order valence-corrected chi connectivity index (χ0v) is 20.6. The SMILES string of the molecule is Cc1cc(Nc2ncnc3cnc(NC(C)COC(F)(F)F)nc23)ccc1Oc1ccc2c(c1)ncn2C. The molecule has 2 aromatic carbocycles. The number of halogens is 3. The Morgan fingerprint density at radius 3 is 2.66 bits per heavy atom. The number of imidazole rings is 1. The number of rotatable bonds is 8. The summed E-state index contributed by atoms with van der Waals surface area (Å²) < 4.78 is 48.9. The summed E-state index contributed by atoms with van der Waals surface area (Å²) in [7, 11) is 1.93. The number of anilines is 3. The monoisotopic (exact) mass is 524 g/mol. The molecule has 1 atom stereocenters. The number of aromatic nitrogens is 6. The lowest BCUT2D eigenvalue weighted by Crippen LogP contribution is -2.27. The van der Waals surface area contributed by atoms with Crippen LogP contribution in [-0.4, -0.2) is 48.5 Å². The minimum Gasteiger partial charge on any atom is -0.457 e. The van der Waals surface area contributed by atoms with Crippen LogP contribution in [0, 0.1) is 6.92 Å². The van der Waals surface area contributed by atoms with Crippen molar-refractivity contribution < 1.29 is 22.6 Å². The van der Waals surface area contributed by atoms with Gasteiger partial charge < -0.3 is 19.9 Å². The summed E-state index contributed by atoms with van der Waals surface area (Å²) in [4.78, 5) is 21.3. The maximum atomic E-state index is 12.3. The van der Waals surface area contributed by atoms with Crippen LogP contribution in [0.5, 0.6) is 11.5 Å². The predicted octanol–water partition coefficient (Wildman–Crippen LogP) is 5.49. The van der Waals surface area contributed by atoms with E-state index in [-0.39, 0.29) is 5.95 Å². The molecule has 0 saturated carbocycles. The first kappa shape index (κ1) is 25.1. The van der Waals surface area contributed by atoms with Crippen LogP contribution in [0.3, 0.4) is 0 Å². The molecule has 1 unspecified atom stereocenters. The van der Waals surface area contributed by atoms with E-state index in [9.17, 15) is 13.2 Å². The number of alkyl halides is 3. The molecule has 0 saturated heterocycles. The molecule has 196 valence electrons. The van der Waals surface area contributed by atoms with Gasteiger partial charge in [0.2, 0.25) is 5.95 Å². The maximum absolute atomic E-state index is 12.3. The van der Waals surface area contributed by atoms with Gasteiger partial charge in [0.1, 0.15) is 28.9 Å². The van der Waals surface area contributed by atoms with Crippen LogP contribution >= 0.6 is 0 Å². The highest BCUT2D eigenvalue weighted by atomic mass is 19.4. The molecule has 0 aliphatic carbocycles. The van der Waals surface area contributed by atoms with E-state index in [0.29, 0.717) is 28.4 Å². The molecule has 2 N–H and O–H groups in total. The summed E-state index contributed by atoms with van der Waals surface area (Å²) in [5, 5.41) is 6.02. The largest absolute Gasteiger partial charge is 0.522 e. The summed E-state index contributed by atoms with van der Waals surface area (Å²) in [5.41, 5.74) is 4.33. The van der Waals surface area contributed by atoms with Crippen molar-refractivity contribution in [2.24, 2.45) is 7.05 Å². The summed E-state index contributed by atoms with van der Waals surface area (Å²) in [6, 6.07) is 10.6. The Morgan fingerprint density at radius 1 is 1.03 bits per heavy atom. The molecule has 10 nitrogen and oxygen atoms in total. The van der Waals surface area contributed by atoms with Crippen molar-refractivity contribution in [3.63, 3.8) is 0 Å². The lowest BCUT2D eigenvalue weighted by molar-refractivity contribution is -0.325. The van der Waals surface area contributed by atoms with Crippen LogP contribution < -0.4 is 15.4 Å². The van der Waals surface area contributed by atoms with Crippen molar-refractivity contribution in [3.05, 3.63) is 60.8 Å². The van der Waals surface area contributed by atoms with Crippen LogP contribution in [0.2, 0.25) is 0 Å². The smallest absolute Gasteiger partial charge is 0.457 e. The fourth-order valence-corrected chi connectivity index (χ4v) is 3.78. The maximum Gasteiger partial charge on any atom is 0.522 e. The molecular weight excluding hydrogens is 501 g/mol. The fraction of sp³-hybridized carbons (Fsp3) is 0.240. The second-order valence-corrected chi connectivity index (χ2v) is 8.67. The first-order valence-electron chi connectivity index (χ1n) is 11.6. The van der Waals surface area contributed by atoms with Crippen LogP contribution in [0.4, 0.5) is 30.6 Å². The van der Waals surface area contributed by atoms with Gasteiger partial charge in [0.05, 0.1) is 30.2 Å². The number of nitrogens with zero attached hydrogens (tertiary/aromatic N) is 6. The third-order valence-corrected chi connectivity index (χ3v) is 5.61. The molecule has 0 fully saturated rings. The minimum atomic E-state index is -4.71. The van der Waals surface area contributed by atoms with Crippen molar-refractivity contribution in [1.29, 1.82) is 0 Å². The summed E-state index contributed by atoms with van der Waals surface area (Å²) >= 11 is 0. The lowest BCUT2D eigenvalue weighted by Gasteiger charge is -2.16. The zero-order valence-electron chi connectivity index (χ0n) is 20.6. The van der Waals surface area contributed by atoms with Crippen molar-refractivity contribution >= 4 is 39.5 Å². The van der Waals surface area contributed by atoms with Crippen molar-refractivity contribution in [2.75, 3.05) is 17.2 Å². The van der Waals surface area contributed by atoms with Gasteiger partial charge in [-0.1, -0.05) is 0 Å². The molecule has 0 spiro atoms. The van der Waals surface area contributed by atoms with Gasteiger partial charge in [0, 0.05) is 24.8 Å². The number of nitrogens with one attached hydrogen (secondary N) is 2. The van der Waals surface area contributed by atoms with Gasteiger partial charge in [-0.05, 0) is 49.7 Å². The first-order chi connectivity index (χ1) is 18.1. The molecule has 3 heterocycles. The molecule has 0 bridgehead atoms. The molecule has 0 aliphatic heterocycles. The van der Waals surface area contributed by atoms with Crippen LogP contribution in [0.15, 0.2) is 55.2 Å². The average molecular weight is 525 g/mol. The summed E-state index contributed by atoms with van der Waals surface area (Å²) in [6.45, 7) is 2.86. The van der Waals surface area contributed by atoms with Gasteiger partial charge in [-0.25, -0.2) is 24.9 Å². The van der Waals surface area contributed by atoms with Gasteiger partial charge in [-0.15, -0.1) is 13.2 Å². The number of fused-ring (bicyclic) bond motifs is 2. The molecule has 3 aromatic heterocycles. The van der Waals surface area contributed by atoms with Gasteiger partial charge in [0.15, 0.2) is 5.82 Å². The summed E-state index contributed by atoms with van der Waals surface area (Å²) in [6.07, 6.45) is -0.116. The molecule has 0 aliphatic rings. The van der Waals surface area contributed by atoms with Crippen molar-refractivity contribution in [2.45, 2.75) is 26.3 Å². The number of benzene rings is 2. The fourth-order valence-electron chi connectivity index (χ4n) is 3.78. The van der Waals surface area contributed by atoms with E-state index in [0.717, 1.165) is 22.3 Å². The van der Waals surface area contributed by atoms with Gasteiger partial charge in [-0.2, -0.15) is 0 Å². The highest BCUT2D eigenvalue weighted by Gasteiger charge is 2.29. The van der Waals surface area contributed by atoms with E-state index >= 15 is 0 Å². The number of ether oxygens (including phenoxy) is 2. The molecular formula is C25H23F3N8O2. The normalized spacial score (nSPS) is 12.6. The minimum absolute atomic E-state index is 0.124. The van der Waals surface area contributed by atoms with Crippen molar-refractivity contribution in [1.82, 2.24) is 29.5 Å². The second-order valence-electron chi connectivity index (χ2n) is 8.67. The van der Waals surface area contributed by atoms with E-state index in [1.54, 1.807) is 6.33 Å². The Labute approximate surface area is 214 Å². The zero-order chi connectivity index (χ0) is 26.9. The van der Waals surface area contributed by atoms with Gasteiger partial charge in [-0.3, -0.25) is 4.74 Å². The predicted molar refractivity (Wildman–Crippen MR) is 135 cm³/mol. The number of aryl methyl sites for hydroxylation is 2. The Hall–Kier alpha value is -4.52. The highest BCUT2D eigenvalue weighted by Crippen LogP contribution is 2.31. The Bertz CT molecular complexity index is 1610. The van der Waals surface area contributed by atoms with Crippen LogP contribution in [0.1, 0.15) is 12.5 Å². The first-order valence-corrected chi connectivity index (χ1v) is 11.6. The molecule has 5 rings (SSSR count). The Morgan fingerprint density at radius 2 is 1.87 bits per heavy atom.